The number of rotatable bonds is 4. The predicted octanol–water partition coefficient (Wildman–Crippen LogP) is 4.23. The minimum Gasteiger partial charge on any atom is -0.354 e. The van der Waals surface area contributed by atoms with Gasteiger partial charge in [0.25, 0.3) is 5.91 Å². The summed E-state index contributed by atoms with van der Waals surface area (Å²) in [5.41, 5.74) is 1.90. The van der Waals surface area contributed by atoms with Crippen molar-refractivity contribution in [3.05, 3.63) is 83.7 Å². The summed E-state index contributed by atoms with van der Waals surface area (Å²) in [7, 11) is 0. The van der Waals surface area contributed by atoms with Crippen LogP contribution in [0, 0.1) is 23.0 Å². The van der Waals surface area contributed by atoms with Crippen LogP contribution in [0.15, 0.2) is 60.8 Å². The number of nitrogens with zero attached hydrogens (tertiary/aromatic N) is 2. The molecule has 0 saturated carbocycles. The van der Waals surface area contributed by atoms with Gasteiger partial charge in [0, 0.05) is 11.8 Å². The van der Waals surface area contributed by atoms with Gasteiger partial charge in [0.1, 0.15) is 17.3 Å². The molecule has 1 aromatic heterocycles. The fourth-order valence-electron chi connectivity index (χ4n) is 2.17. The molecule has 0 aliphatic rings. The van der Waals surface area contributed by atoms with Gasteiger partial charge >= 0.3 is 0 Å². The number of amides is 1. The van der Waals surface area contributed by atoms with Gasteiger partial charge in [0.05, 0.1) is 29.2 Å². The zero-order valence-corrected chi connectivity index (χ0v) is 13.3. The van der Waals surface area contributed by atoms with E-state index in [1.165, 1.54) is 12.3 Å². The average molecular weight is 350 g/mol. The van der Waals surface area contributed by atoms with Crippen molar-refractivity contribution in [1.82, 2.24) is 4.98 Å². The number of benzene rings is 2. The Morgan fingerprint density at radius 2 is 1.73 bits per heavy atom. The van der Waals surface area contributed by atoms with Crippen molar-refractivity contribution in [2.45, 2.75) is 0 Å². The second-order valence-electron chi connectivity index (χ2n) is 5.32. The first-order chi connectivity index (χ1) is 12.5. The van der Waals surface area contributed by atoms with Crippen molar-refractivity contribution in [3.8, 4) is 6.07 Å². The molecule has 1 heterocycles. The first-order valence-electron chi connectivity index (χ1n) is 7.55. The van der Waals surface area contributed by atoms with Crippen LogP contribution in [0.5, 0.6) is 0 Å². The molecule has 0 aliphatic carbocycles. The van der Waals surface area contributed by atoms with Gasteiger partial charge < -0.3 is 10.6 Å². The fraction of sp³-hybridized carbons (Fsp3) is 0. The molecule has 3 rings (SSSR count). The first kappa shape index (κ1) is 17.0. The number of aromatic nitrogens is 1. The number of carbonyl (C=O) groups is 1. The Morgan fingerprint density at radius 3 is 2.35 bits per heavy atom. The maximum atomic E-state index is 13.6. The van der Waals surface area contributed by atoms with E-state index in [-0.39, 0.29) is 11.4 Å². The van der Waals surface area contributed by atoms with Crippen LogP contribution in [-0.4, -0.2) is 10.9 Å². The number of anilines is 3. The monoisotopic (exact) mass is 350 g/mol. The highest BCUT2D eigenvalue weighted by atomic mass is 19.1. The fourth-order valence-corrected chi connectivity index (χ4v) is 2.17. The molecule has 0 saturated heterocycles. The number of hydrogen-bond donors (Lipinski definition) is 2. The van der Waals surface area contributed by atoms with Crippen LogP contribution in [0.2, 0.25) is 0 Å². The topological polar surface area (TPSA) is 77.8 Å². The van der Waals surface area contributed by atoms with E-state index in [1.807, 2.05) is 6.07 Å². The zero-order valence-electron chi connectivity index (χ0n) is 13.3. The van der Waals surface area contributed by atoms with Crippen LogP contribution in [0.1, 0.15) is 16.1 Å². The average Bonchev–Trinajstić information content (AvgIpc) is 2.65. The molecule has 26 heavy (non-hydrogen) atoms. The van der Waals surface area contributed by atoms with Crippen molar-refractivity contribution in [2.75, 3.05) is 10.6 Å². The Morgan fingerprint density at radius 1 is 1.00 bits per heavy atom. The Kier molecular flexibility index (Phi) is 4.85. The van der Waals surface area contributed by atoms with Crippen LogP contribution in [-0.2, 0) is 0 Å². The van der Waals surface area contributed by atoms with Gasteiger partial charge in [-0.15, -0.1) is 0 Å². The molecule has 0 unspecified atom stereocenters. The molecular formula is C19H12F2N4O. The van der Waals surface area contributed by atoms with Crippen molar-refractivity contribution >= 4 is 23.0 Å². The van der Waals surface area contributed by atoms with Crippen molar-refractivity contribution in [3.63, 3.8) is 0 Å². The van der Waals surface area contributed by atoms with Crippen molar-refractivity contribution in [1.29, 1.82) is 5.26 Å². The normalized spacial score (nSPS) is 10.0. The number of carbonyl (C=O) groups excluding carboxylic acids is 1. The van der Waals surface area contributed by atoms with E-state index in [0.717, 1.165) is 17.8 Å². The molecule has 0 spiro atoms. The van der Waals surface area contributed by atoms with E-state index in [2.05, 4.69) is 15.6 Å². The molecule has 5 nitrogen and oxygen atoms in total. The molecule has 2 aromatic carbocycles. The Labute approximate surface area is 147 Å². The van der Waals surface area contributed by atoms with Gasteiger partial charge in [0.15, 0.2) is 0 Å². The summed E-state index contributed by atoms with van der Waals surface area (Å²) < 4.78 is 26.5. The van der Waals surface area contributed by atoms with Gasteiger partial charge in [-0.25, -0.2) is 13.8 Å². The number of hydrogen-bond acceptors (Lipinski definition) is 4. The van der Waals surface area contributed by atoms with Crippen LogP contribution in [0.25, 0.3) is 0 Å². The Balaban J connectivity index is 1.68. The SMILES string of the molecule is N#Cc1ccc(Nc2ccc(C(=O)Nc3ccc(F)cc3F)nc2)cc1. The second-order valence-corrected chi connectivity index (χ2v) is 5.32. The van der Waals surface area contributed by atoms with E-state index in [4.69, 9.17) is 5.26 Å². The number of nitriles is 1. The highest BCUT2D eigenvalue weighted by Crippen LogP contribution is 2.18. The van der Waals surface area contributed by atoms with E-state index in [0.29, 0.717) is 17.3 Å². The van der Waals surface area contributed by atoms with Gasteiger partial charge in [0.2, 0.25) is 0 Å². The summed E-state index contributed by atoms with van der Waals surface area (Å²) in [6.07, 6.45) is 1.45. The second kappa shape index (κ2) is 7.40. The molecule has 0 atom stereocenters. The molecule has 0 bridgehead atoms. The summed E-state index contributed by atoms with van der Waals surface area (Å²) in [5.74, 6) is -2.20. The summed E-state index contributed by atoms with van der Waals surface area (Å²) in [6, 6.07) is 14.9. The largest absolute Gasteiger partial charge is 0.354 e. The lowest BCUT2D eigenvalue weighted by Crippen LogP contribution is -2.14. The predicted molar refractivity (Wildman–Crippen MR) is 93.0 cm³/mol. The molecule has 3 aromatic rings. The molecule has 2 N–H and O–H groups in total. The third kappa shape index (κ3) is 3.99. The number of nitrogens with one attached hydrogen (secondary N) is 2. The standard InChI is InChI=1S/C19H12F2N4O/c20-13-3-7-17(16(21)9-13)25-19(26)18-8-6-15(11-23-18)24-14-4-1-12(10-22)2-5-14/h1-9,11,24H,(H,25,26). The zero-order chi connectivity index (χ0) is 18.5. The third-order valence-electron chi connectivity index (χ3n) is 3.48. The Hall–Kier alpha value is -3.79. The highest BCUT2D eigenvalue weighted by molar-refractivity contribution is 6.03. The van der Waals surface area contributed by atoms with E-state index in [9.17, 15) is 13.6 Å². The minimum absolute atomic E-state index is 0.0825. The summed E-state index contributed by atoms with van der Waals surface area (Å²) in [5, 5.41) is 14.2. The summed E-state index contributed by atoms with van der Waals surface area (Å²) in [4.78, 5) is 16.1. The quantitative estimate of drug-likeness (QED) is 0.738. The molecule has 7 heteroatoms. The highest BCUT2D eigenvalue weighted by Gasteiger charge is 2.11. The van der Waals surface area contributed by atoms with Gasteiger partial charge in [-0.2, -0.15) is 5.26 Å². The van der Waals surface area contributed by atoms with Crippen LogP contribution >= 0.6 is 0 Å². The molecule has 1 amide bonds. The van der Waals surface area contributed by atoms with Gasteiger partial charge in [-0.1, -0.05) is 0 Å². The lowest BCUT2D eigenvalue weighted by molar-refractivity contribution is 0.102. The Bertz CT molecular complexity index is 980. The van der Waals surface area contributed by atoms with E-state index < -0.39 is 17.5 Å². The minimum atomic E-state index is -0.863. The smallest absolute Gasteiger partial charge is 0.274 e. The number of pyridine rings is 1. The van der Waals surface area contributed by atoms with Gasteiger partial charge in [-0.05, 0) is 48.5 Å². The lowest BCUT2D eigenvalue weighted by atomic mass is 10.2. The summed E-state index contributed by atoms with van der Waals surface area (Å²) >= 11 is 0. The van der Waals surface area contributed by atoms with Crippen molar-refractivity contribution < 1.29 is 13.6 Å². The summed E-state index contributed by atoms with van der Waals surface area (Å²) in [6.45, 7) is 0. The lowest BCUT2D eigenvalue weighted by Gasteiger charge is -2.08. The van der Waals surface area contributed by atoms with E-state index in [1.54, 1.807) is 30.3 Å². The maximum absolute atomic E-state index is 13.6. The third-order valence-corrected chi connectivity index (χ3v) is 3.48. The van der Waals surface area contributed by atoms with Crippen LogP contribution < -0.4 is 10.6 Å². The van der Waals surface area contributed by atoms with Gasteiger partial charge in [-0.3, -0.25) is 4.79 Å². The number of halogens is 2. The maximum Gasteiger partial charge on any atom is 0.274 e. The molecule has 128 valence electrons. The van der Waals surface area contributed by atoms with Crippen LogP contribution in [0.4, 0.5) is 25.8 Å². The van der Waals surface area contributed by atoms with Crippen molar-refractivity contribution in [2.24, 2.45) is 0 Å². The first-order valence-corrected chi connectivity index (χ1v) is 7.55. The molecule has 0 fully saturated rings. The molecule has 0 radical (unpaired) electrons. The van der Waals surface area contributed by atoms with Crippen LogP contribution in [0.3, 0.4) is 0 Å². The molecule has 0 aliphatic heterocycles. The van der Waals surface area contributed by atoms with E-state index >= 15 is 0 Å². The molecular weight excluding hydrogens is 338 g/mol.